The van der Waals surface area contributed by atoms with Crippen LogP contribution in [0.2, 0.25) is 0 Å². The van der Waals surface area contributed by atoms with Gasteiger partial charge in [0.2, 0.25) is 11.7 Å². The molecule has 5 bridgehead atoms. The summed E-state index contributed by atoms with van der Waals surface area (Å²) in [6.07, 6.45) is 3.25. The number of methoxy groups -OCH3 is 1. The summed E-state index contributed by atoms with van der Waals surface area (Å²) in [5.74, 6) is -8.70. The summed E-state index contributed by atoms with van der Waals surface area (Å²) in [6, 6.07) is 14.8. The number of rotatable bonds is 3. The van der Waals surface area contributed by atoms with Crippen LogP contribution in [-0.2, 0) is 14.3 Å². The molecule has 3 aromatic carbocycles. The Morgan fingerprint density at radius 3 is 2.05 bits per heavy atom. The number of nitrogens with one attached hydrogen (secondary N) is 1. The number of phenols is 1. The third kappa shape index (κ3) is 8.10. The number of carbonyl (C=O) groups is 4. The number of fused-ring (bicyclic) bond motifs is 14. The van der Waals surface area contributed by atoms with Crippen molar-refractivity contribution in [2.75, 3.05) is 7.11 Å². The Bertz CT molecular complexity index is 2300. The monoisotopic (exact) mass is 820 g/mol. The van der Waals surface area contributed by atoms with E-state index in [2.05, 4.69) is 10.3 Å². The van der Waals surface area contributed by atoms with E-state index in [9.17, 15) is 39.6 Å². The van der Waals surface area contributed by atoms with Gasteiger partial charge in [-0.15, -0.1) is 0 Å². The number of aliphatic hydroxyl groups is 3. The molecule has 4 aliphatic rings. The summed E-state index contributed by atoms with van der Waals surface area (Å²) < 4.78 is 17.6. The third-order valence-electron chi connectivity index (χ3n) is 12.0. The number of nitrogens with zero attached hydrogens (tertiary/aromatic N) is 1. The van der Waals surface area contributed by atoms with E-state index in [1.807, 2.05) is 30.3 Å². The van der Waals surface area contributed by atoms with Crippen molar-refractivity contribution in [1.29, 1.82) is 0 Å². The van der Waals surface area contributed by atoms with E-state index >= 15 is 0 Å². The molecule has 0 saturated heterocycles. The van der Waals surface area contributed by atoms with Crippen molar-refractivity contribution >= 4 is 34.7 Å². The lowest BCUT2D eigenvalue weighted by atomic mass is 9.78. The molecule has 0 aromatic heterocycles. The molecule has 5 N–H and O–H groups in total. The van der Waals surface area contributed by atoms with E-state index in [-0.39, 0.29) is 28.1 Å². The maximum absolute atomic E-state index is 14.8. The van der Waals surface area contributed by atoms with Gasteiger partial charge in [-0.05, 0) is 43.2 Å². The average molecular weight is 821 g/mol. The van der Waals surface area contributed by atoms with Gasteiger partial charge in [-0.1, -0.05) is 88.4 Å². The number of benzene rings is 3. The van der Waals surface area contributed by atoms with Crippen molar-refractivity contribution in [1.82, 2.24) is 5.32 Å². The van der Waals surface area contributed by atoms with Gasteiger partial charge in [-0.3, -0.25) is 19.2 Å². The van der Waals surface area contributed by atoms with Crippen LogP contribution in [0, 0.1) is 30.6 Å². The number of phenolic OH excluding ortho intramolecular Hbond substituents is 1. The Labute approximate surface area is 349 Å². The summed E-state index contributed by atoms with van der Waals surface area (Å²) in [4.78, 5) is 62.1. The minimum atomic E-state index is -2.08. The van der Waals surface area contributed by atoms with Crippen LogP contribution in [0.3, 0.4) is 0 Å². The third-order valence-corrected chi connectivity index (χ3v) is 12.0. The Hall–Kier alpha value is -5.73. The maximum atomic E-state index is 14.8. The van der Waals surface area contributed by atoms with Gasteiger partial charge in [0, 0.05) is 48.8 Å². The van der Waals surface area contributed by atoms with Crippen molar-refractivity contribution < 1.29 is 53.8 Å². The molecule has 13 nitrogen and oxygen atoms in total. The van der Waals surface area contributed by atoms with Gasteiger partial charge in [-0.25, -0.2) is 4.99 Å². The smallest absolute Gasteiger partial charge is 0.312 e. The lowest BCUT2D eigenvalue weighted by Gasteiger charge is -2.36. The molecule has 1 amide bonds. The summed E-state index contributed by atoms with van der Waals surface area (Å²) in [5, 5.41) is 48.0. The van der Waals surface area contributed by atoms with Gasteiger partial charge < -0.3 is 40.0 Å². The highest BCUT2D eigenvalue weighted by atomic mass is 16.7. The molecule has 0 spiro atoms. The Morgan fingerprint density at radius 1 is 0.783 bits per heavy atom. The lowest BCUT2D eigenvalue weighted by Crippen LogP contribution is -2.53. The van der Waals surface area contributed by atoms with Crippen LogP contribution in [0.25, 0.3) is 11.1 Å². The number of ether oxygens (including phenoxy) is 3. The number of aliphatic imine (C=N–C) groups is 1. The van der Waals surface area contributed by atoms with E-state index in [4.69, 9.17) is 14.2 Å². The first kappa shape index (κ1) is 43.8. The predicted octanol–water partition coefficient (Wildman–Crippen LogP) is 5.98. The number of carbonyl (C=O) groups excluding carboxylic acids is 4. The van der Waals surface area contributed by atoms with E-state index in [1.165, 1.54) is 46.3 Å². The van der Waals surface area contributed by atoms with Gasteiger partial charge in [0.15, 0.2) is 5.78 Å². The normalized spacial score (nSPS) is 30.8. The molecule has 0 fully saturated rings. The van der Waals surface area contributed by atoms with Gasteiger partial charge >= 0.3 is 5.79 Å². The van der Waals surface area contributed by atoms with Crippen molar-refractivity contribution in [3.63, 3.8) is 0 Å². The van der Waals surface area contributed by atoms with Gasteiger partial charge in [-0.2, -0.15) is 0 Å². The molecule has 0 radical (unpaired) electrons. The number of Topliss-reactive ketones (excluding diaryl/α,β-unsaturated/α-hetero) is 3. The quantitative estimate of drug-likeness (QED) is 0.208. The predicted molar refractivity (Wildman–Crippen MR) is 224 cm³/mol. The number of hydrogen-bond acceptors (Lipinski definition) is 12. The Morgan fingerprint density at radius 2 is 1.40 bits per heavy atom. The van der Waals surface area contributed by atoms with Gasteiger partial charge in [0.1, 0.15) is 23.3 Å². The second-order valence-corrected chi connectivity index (χ2v) is 16.1. The first-order valence-corrected chi connectivity index (χ1v) is 20.0. The van der Waals surface area contributed by atoms with E-state index in [1.54, 1.807) is 64.1 Å². The average Bonchev–Trinajstić information content (AvgIpc) is 3.51. The number of amides is 1. The lowest BCUT2D eigenvalue weighted by molar-refractivity contribution is -0.117. The Balaban J connectivity index is 1.49. The fraction of sp³-hybridized carbons (Fsp3) is 0.383. The van der Waals surface area contributed by atoms with Crippen LogP contribution in [0.15, 0.2) is 95.7 Å². The standard InChI is InChI=1S/C47H52N2O11/c1-23-13-12-14-24(2)46(57)49-37-36(48-31-19-17-30(18-20-31)29-15-10-9-11-16-29)42(54)33-34(43(37)55)41(53)28(6)44-35(33)45(56)47(7,60-44)59-22-21-32(58-8)25(3)39(51)27(5)40(52)26(4)38(23)50/h9-23,25-27,32,37-40,50-53H,1-8H3,(H,49,57)/t23-,25+,26+,27+,32-,37-,38-,39+,40-,47-/m0/s1. The van der Waals surface area contributed by atoms with Crippen LogP contribution in [0.4, 0.5) is 5.69 Å². The molecule has 316 valence electrons. The van der Waals surface area contributed by atoms with Crippen LogP contribution in [-0.4, -0.2) is 92.7 Å². The molecule has 0 saturated carbocycles. The van der Waals surface area contributed by atoms with Crippen molar-refractivity contribution in [3.8, 4) is 22.6 Å². The fourth-order valence-electron chi connectivity index (χ4n) is 8.03. The van der Waals surface area contributed by atoms with Gasteiger partial charge in [0.05, 0.1) is 53.1 Å². The van der Waals surface area contributed by atoms with E-state index in [0.29, 0.717) is 0 Å². The highest BCUT2D eigenvalue weighted by Gasteiger charge is 2.54. The largest absolute Gasteiger partial charge is 0.507 e. The molecule has 3 heterocycles. The molecular formula is C47H52N2O11. The minimum Gasteiger partial charge on any atom is -0.507 e. The molecule has 13 heteroatoms. The fourth-order valence-corrected chi connectivity index (χ4v) is 8.03. The molecule has 7 rings (SSSR count). The molecular weight excluding hydrogens is 769 g/mol. The van der Waals surface area contributed by atoms with Crippen molar-refractivity contribution in [2.24, 2.45) is 28.7 Å². The van der Waals surface area contributed by atoms with Crippen LogP contribution in [0.5, 0.6) is 11.5 Å². The number of aromatic hydroxyl groups is 1. The summed E-state index contributed by atoms with van der Waals surface area (Å²) in [7, 11) is 1.42. The van der Waals surface area contributed by atoms with E-state index < -0.39 is 106 Å². The van der Waals surface area contributed by atoms with E-state index in [0.717, 1.165) is 11.1 Å². The zero-order valence-electron chi connectivity index (χ0n) is 34.9. The summed E-state index contributed by atoms with van der Waals surface area (Å²) >= 11 is 0. The molecule has 1 aliphatic carbocycles. The highest BCUT2D eigenvalue weighted by Crippen LogP contribution is 2.48. The number of allylic oxidation sites excluding steroid dienone is 2. The first-order valence-electron chi connectivity index (χ1n) is 20.0. The van der Waals surface area contributed by atoms with Crippen molar-refractivity contribution in [3.05, 3.63) is 113 Å². The molecule has 0 unspecified atom stereocenters. The number of ketones is 3. The number of aliphatic hydroxyl groups excluding tert-OH is 3. The topological polar surface area (TPSA) is 201 Å². The van der Waals surface area contributed by atoms with Crippen molar-refractivity contribution in [2.45, 2.75) is 84.7 Å². The zero-order valence-corrected chi connectivity index (χ0v) is 34.9. The van der Waals surface area contributed by atoms with Gasteiger partial charge in [0.25, 0.3) is 5.78 Å². The molecule has 60 heavy (non-hydrogen) atoms. The first-order chi connectivity index (χ1) is 28.4. The van der Waals surface area contributed by atoms with Crippen LogP contribution < -0.4 is 10.1 Å². The molecule has 3 aromatic rings. The number of hydrogen-bond donors (Lipinski definition) is 5. The van der Waals surface area contributed by atoms with Crippen LogP contribution in [0.1, 0.15) is 78.2 Å². The molecule has 3 aliphatic heterocycles. The van der Waals surface area contributed by atoms with Crippen LogP contribution >= 0.6 is 0 Å². The summed E-state index contributed by atoms with van der Waals surface area (Å²) in [6.45, 7) is 11.1. The highest BCUT2D eigenvalue weighted by molar-refractivity contribution is 6.57. The molecule has 10 atom stereocenters. The summed E-state index contributed by atoms with van der Waals surface area (Å²) in [5.41, 5.74) is 0.617. The maximum Gasteiger partial charge on any atom is 0.312 e. The Kier molecular flexibility index (Phi) is 12.8. The minimum absolute atomic E-state index is 0.00662. The second-order valence-electron chi connectivity index (χ2n) is 16.1. The zero-order chi connectivity index (χ0) is 43.8. The SMILES string of the molecule is CO[C@H]1C=CO[C@@]2(C)Oc3c(C)c(O)c4c(c3C2=O)C(=O)C(=Nc2ccc(-c3ccccc3)cc2)[C@H](NC(=O)C(C)=CC=C[C@H](C)[C@H](O)[C@@H](C)[C@H](O)[C@H](C)[C@H](O)[C@@H]1C)C4=O. The second kappa shape index (κ2) is 17.5.